The molecule has 0 bridgehead atoms. The lowest BCUT2D eigenvalue weighted by Gasteiger charge is -2.41. The Kier molecular flexibility index (Phi) is 2.89. The molecule has 1 aromatic heterocycles. The molecule has 0 N–H and O–H groups in total. The van der Waals surface area contributed by atoms with E-state index in [0.717, 1.165) is 6.42 Å². The van der Waals surface area contributed by atoms with Gasteiger partial charge in [-0.05, 0) is 31.4 Å². The predicted octanol–water partition coefficient (Wildman–Crippen LogP) is 1.15. The lowest BCUT2D eigenvalue weighted by molar-refractivity contribution is 0.171. The molecule has 0 aliphatic heterocycles. The first-order valence-electron chi connectivity index (χ1n) is 5.33. The minimum absolute atomic E-state index is 0.129. The molecule has 0 radical (unpaired) electrons. The zero-order chi connectivity index (χ0) is 12.5. The zero-order valence-corrected chi connectivity index (χ0v) is 10.3. The summed E-state index contributed by atoms with van der Waals surface area (Å²) in [7, 11) is -2.16. The number of nitriles is 1. The number of hydrogen-bond donors (Lipinski definition) is 0. The first kappa shape index (κ1) is 12.0. The van der Waals surface area contributed by atoms with Crippen LogP contribution < -0.4 is 0 Å². The van der Waals surface area contributed by atoms with Gasteiger partial charge in [-0.1, -0.05) is 0 Å². The molecule has 1 aliphatic carbocycles. The Labute approximate surface area is 101 Å². The zero-order valence-electron chi connectivity index (χ0n) is 9.50. The molecule has 0 amide bonds. The quantitative estimate of drug-likeness (QED) is 0.807. The first-order chi connectivity index (χ1) is 8.03. The second kappa shape index (κ2) is 4.09. The Morgan fingerprint density at radius 1 is 1.53 bits per heavy atom. The van der Waals surface area contributed by atoms with E-state index in [0.29, 0.717) is 12.8 Å². The summed E-state index contributed by atoms with van der Waals surface area (Å²) in [4.78, 5) is 3.93. The average molecular weight is 251 g/mol. The summed E-state index contributed by atoms with van der Waals surface area (Å²) in [6.45, 7) is 0. The van der Waals surface area contributed by atoms with E-state index in [4.69, 9.17) is 5.26 Å². The van der Waals surface area contributed by atoms with Crippen molar-refractivity contribution in [3.63, 3.8) is 0 Å². The Bertz CT molecular complexity index is 544. The molecule has 0 unspecified atom stereocenters. The van der Waals surface area contributed by atoms with Gasteiger partial charge in [0.05, 0.1) is 6.07 Å². The first-order valence-corrected chi connectivity index (χ1v) is 6.77. The van der Waals surface area contributed by atoms with Crippen molar-refractivity contribution < 1.29 is 8.42 Å². The third-order valence-electron chi connectivity index (χ3n) is 3.28. The molecule has 0 saturated heterocycles. The monoisotopic (exact) mass is 251 g/mol. The number of aromatic nitrogens is 1. The summed E-state index contributed by atoms with van der Waals surface area (Å²) < 4.78 is 25.7. The van der Waals surface area contributed by atoms with Crippen LogP contribution in [0.5, 0.6) is 0 Å². The normalized spacial score (nSPS) is 18.4. The van der Waals surface area contributed by atoms with E-state index in [9.17, 15) is 8.42 Å². The van der Waals surface area contributed by atoms with E-state index in [1.165, 1.54) is 29.8 Å². The Balaban J connectivity index is 2.38. The molecule has 6 heteroatoms. The molecular formula is C11H13N3O2S. The van der Waals surface area contributed by atoms with E-state index in [1.807, 2.05) is 0 Å². The second-order valence-corrected chi connectivity index (χ2v) is 6.13. The Hall–Kier alpha value is -1.45. The largest absolute Gasteiger partial charge is 0.263 e. The summed E-state index contributed by atoms with van der Waals surface area (Å²) in [5.41, 5.74) is -0.866. The van der Waals surface area contributed by atoms with Crippen molar-refractivity contribution in [2.45, 2.75) is 29.7 Å². The van der Waals surface area contributed by atoms with Gasteiger partial charge in [0, 0.05) is 19.4 Å². The van der Waals surface area contributed by atoms with Gasteiger partial charge < -0.3 is 0 Å². The van der Waals surface area contributed by atoms with Gasteiger partial charge >= 0.3 is 0 Å². The SMILES string of the molecule is CN(C1(C#N)CCC1)S(=O)(=O)c1cccnc1. The molecule has 17 heavy (non-hydrogen) atoms. The highest BCUT2D eigenvalue weighted by atomic mass is 32.2. The minimum Gasteiger partial charge on any atom is -0.263 e. The van der Waals surface area contributed by atoms with Gasteiger partial charge in [-0.2, -0.15) is 9.57 Å². The summed E-state index contributed by atoms with van der Waals surface area (Å²) >= 11 is 0. The van der Waals surface area contributed by atoms with Crippen molar-refractivity contribution in [2.24, 2.45) is 0 Å². The fourth-order valence-corrected chi connectivity index (χ4v) is 3.34. The van der Waals surface area contributed by atoms with E-state index in [1.54, 1.807) is 6.07 Å². The van der Waals surface area contributed by atoms with Crippen LogP contribution in [0.1, 0.15) is 19.3 Å². The van der Waals surface area contributed by atoms with Crippen molar-refractivity contribution in [1.29, 1.82) is 5.26 Å². The fraction of sp³-hybridized carbons (Fsp3) is 0.455. The summed E-state index contributed by atoms with van der Waals surface area (Å²) in [5.74, 6) is 0. The maximum Gasteiger partial charge on any atom is 0.245 e. The van der Waals surface area contributed by atoms with Crippen molar-refractivity contribution in [1.82, 2.24) is 9.29 Å². The van der Waals surface area contributed by atoms with Gasteiger partial charge in [-0.15, -0.1) is 0 Å². The highest BCUT2D eigenvalue weighted by Gasteiger charge is 2.46. The third-order valence-corrected chi connectivity index (χ3v) is 5.19. The summed E-state index contributed by atoms with van der Waals surface area (Å²) in [5, 5.41) is 9.15. The summed E-state index contributed by atoms with van der Waals surface area (Å²) in [6, 6.07) is 5.18. The molecule has 0 spiro atoms. The molecule has 1 aliphatic rings. The number of pyridine rings is 1. The van der Waals surface area contributed by atoms with Crippen LogP contribution in [0.25, 0.3) is 0 Å². The van der Waals surface area contributed by atoms with E-state index in [2.05, 4.69) is 11.1 Å². The molecule has 1 fully saturated rings. The molecule has 1 saturated carbocycles. The minimum atomic E-state index is -3.62. The van der Waals surface area contributed by atoms with E-state index in [-0.39, 0.29) is 4.90 Å². The van der Waals surface area contributed by atoms with Crippen LogP contribution in [0, 0.1) is 11.3 Å². The predicted molar refractivity (Wildman–Crippen MR) is 61.4 cm³/mol. The van der Waals surface area contributed by atoms with Gasteiger partial charge in [-0.25, -0.2) is 8.42 Å². The maximum absolute atomic E-state index is 12.3. The van der Waals surface area contributed by atoms with Crippen LogP contribution in [0.4, 0.5) is 0 Å². The van der Waals surface area contributed by atoms with Crippen LogP contribution in [0.3, 0.4) is 0 Å². The lowest BCUT2D eigenvalue weighted by atomic mass is 9.78. The topological polar surface area (TPSA) is 74.1 Å². The van der Waals surface area contributed by atoms with Crippen LogP contribution in [0.15, 0.2) is 29.4 Å². The Morgan fingerprint density at radius 2 is 2.24 bits per heavy atom. The number of rotatable bonds is 3. The fourth-order valence-electron chi connectivity index (χ4n) is 1.90. The van der Waals surface area contributed by atoms with E-state index < -0.39 is 15.6 Å². The van der Waals surface area contributed by atoms with Gasteiger partial charge in [0.25, 0.3) is 0 Å². The average Bonchev–Trinajstić information content (AvgIpc) is 2.29. The third kappa shape index (κ3) is 1.81. The highest BCUT2D eigenvalue weighted by molar-refractivity contribution is 7.89. The van der Waals surface area contributed by atoms with Crippen LogP contribution in [0.2, 0.25) is 0 Å². The Morgan fingerprint density at radius 3 is 2.65 bits per heavy atom. The van der Waals surface area contributed by atoms with Gasteiger partial charge in [0.15, 0.2) is 0 Å². The second-order valence-electron chi connectivity index (χ2n) is 4.16. The molecule has 2 rings (SSSR count). The maximum atomic E-state index is 12.3. The molecule has 0 aromatic carbocycles. The van der Waals surface area contributed by atoms with Crippen LogP contribution >= 0.6 is 0 Å². The molecule has 90 valence electrons. The van der Waals surface area contributed by atoms with E-state index >= 15 is 0 Å². The number of sulfonamides is 1. The van der Waals surface area contributed by atoms with Crippen molar-refractivity contribution in [2.75, 3.05) is 7.05 Å². The van der Waals surface area contributed by atoms with Crippen molar-refractivity contribution in [3.8, 4) is 6.07 Å². The van der Waals surface area contributed by atoms with Gasteiger partial charge in [0.2, 0.25) is 10.0 Å². The number of hydrogen-bond acceptors (Lipinski definition) is 4. The molecule has 1 aromatic rings. The van der Waals surface area contributed by atoms with Crippen molar-refractivity contribution in [3.05, 3.63) is 24.5 Å². The van der Waals surface area contributed by atoms with Crippen LogP contribution in [-0.4, -0.2) is 30.3 Å². The standard InChI is InChI=1S/C11H13N3O2S/c1-14(11(9-12)5-3-6-11)17(15,16)10-4-2-7-13-8-10/h2,4,7-8H,3,5-6H2,1H3. The van der Waals surface area contributed by atoms with Crippen molar-refractivity contribution >= 4 is 10.0 Å². The smallest absolute Gasteiger partial charge is 0.245 e. The number of nitrogens with zero attached hydrogens (tertiary/aromatic N) is 3. The molecule has 1 heterocycles. The molecule has 5 nitrogen and oxygen atoms in total. The van der Waals surface area contributed by atoms with Gasteiger partial charge in [-0.3, -0.25) is 4.98 Å². The highest BCUT2D eigenvalue weighted by Crippen LogP contribution is 2.38. The lowest BCUT2D eigenvalue weighted by Crippen LogP contribution is -2.53. The molecule has 0 atom stereocenters. The van der Waals surface area contributed by atoms with Gasteiger partial charge in [0.1, 0.15) is 10.4 Å². The summed E-state index contributed by atoms with van der Waals surface area (Å²) in [6.07, 6.45) is 4.90. The van der Waals surface area contributed by atoms with Crippen LogP contribution in [-0.2, 0) is 10.0 Å². The molecular weight excluding hydrogens is 238 g/mol.